The van der Waals surface area contributed by atoms with Crippen molar-refractivity contribution < 1.29 is 15.0 Å². The van der Waals surface area contributed by atoms with Crippen molar-refractivity contribution in [3.05, 3.63) is 47.1 Å². The summed E-state index contributed by atoms with van der Waals surface area (Å²) >= 11 is 0. The number of carbonyl (C=O) groups is 1. The predicted octanol–water partition coefficient (Wildman–Crippen LogP) is 3.86. The highest BCUT2D eigenvalue weighted by molar-refractivity contribution is 5.59. The number of phenols is 2. The van der Waals surface area contributed by atoms with Crippen LogP contribution in [0.15, 0.2) is 35.9 Å². The van der Waals surface area contributed by atoms with E-state index in [1.807, 2.05) is 6.92 Å². The van der Waals surface area contributed by atoms with Crippen LogP contribution in [-0.4, -0.2) is 16.5 Å². The van der Waals surface area contributed by atoms with Crippen molar-refractivity contribution in [2.24, 2.45) is 5.92 Å². The summed E-state index contributed by atoms with van der Waals surface area (Å²) in [4.78, 5) is 10.6. The van der Waals surface area contributed by atoms with Crippen molar-refractivity contribution >= 4 is 6.29 Å². The lowest BCUT2D eigenvalue weighted by molar-refractivity contribution is -0.107. The van der Waals surface area contributed by atoms with Crippen molar-refractivity contribution in [2.75, 3.05) is 0 Å². The molecule has 3 heteroatoms. The largest absolute Gasteiger partial charge is 0.507 e. The highest BCUT2D eigenvalue weighted by atomic mass is 16.3. The van der Waals surface area contributed by atoms with E-state index in [0.29, 0.717) is 11.1 Å². The third kappa shape index (κ3) is 3.18. The number of hydrogen-bond acceptors (Lipinski definition) is 3. The molecule has 1 aromatic carbocycles. The highest BCUT2D eigenvalue weighted by Crippen LogP contribution is 2.46. The van der Waals surface area contributed by atoms with Gasteiger partial charge in [0.25, 0.3) is 0 Å². The van der Waals surface area contributed by atoms with Gasteiger partial charge >= 0.3 is 0 Å². The summed E-state index contributed by atoms with van der Waals surface area (Å²) in [5, 5.41) is 20.6. The quantitative estimate of drug-likeness (QED) is 0.653. The minimum absolute atomic E-state index is 0.0500. The fourth-order valence-corrected chi connectivity index (χ4v) is 3.14. The van der Waals surface area contributed by atoms with Crippen molar-refractivity contribution in [3.8, 4) is 11.5 Å². The molecule has 1 aliphatic rings. The molecule has 2 rings (SSSR count). The maximum atomic E-state index is 10.6. The van der Waals surface area contributed by atoms with E-state index in [0.717, 1.165) is 24.7 Å². The minimum Gasteiger partial charge on any atom is -0.507 e. The average molecular weight is 286 g/mol. The van der Waals surface area contributed by atoms with Gasteiger partial charge in [0.2, 0.25) is 0 Å². The molecule has 0 aliphatic heterocycles. The van der Waals surface area contributed by atoms with E-state index in [-0.39, 0.29) is 29.8 Å². The third-order valence-corrected chi connectivity index (χ3v) is 4.23. The van der Waals surface area contributed by atoms with Crippen LogP contribution in [0, 0.1) is 5.92 Å². The Morgan fingerprint density at radius 3 is 2.52 bits per heavy atom. The van der Waals surface area contributed by atoms with E-state index in [9.17, 15) is 15.0 Å². The summed E-state index contributed by atoms with van der Waals surface area (Å²) in [7, 11) is 0. The van der Waals surface area contributed by atoms with Crippen LogP contribution in [-0.2, 0) is 11.2 Å². The monoisotopic (exact) mass is 286 g/mol. The van der Waals surface area contributed by atoms with Crippen LogP contribution in [0.5, 0.6) is 11.5 Å². The smallest absolute Gasteiger partial charge is 0.124 e. The van der Waals surface area contributed by atoms with E-state index in [2.05, 4.69) is 19.6 Å². The van der Waals surface area contributed by atoms with Gasteiger partial charge in [0.1, 0.15) is 17.8 Å². The molecule has 3 nitrogen and oxygen atoms in total. The topological polar surface area (TPSA) is 57.5 Å². The SMILES string of the molecule is C=C(C)[C@@H]1CCC(C)=CC1c1c(O)cc(CC=O)cc1O. The molecule has 0 saturated carbocycles. The number of aromatic hydroxyl groups is 2. The molecule has 2 atom stereocenters. The molecule has 2 N–H and O–H groups in total. The zero-order valence-electron chi connectivity index (χ0n) is 12.6. The summed E-state index contributed by atoms with van der Waals surface area (Å²) in [6, 6.07) is 3.13. The van der Waals surface area contributed by atoms with Gasteiger partial charge in [-0.15, -0.1) is 0 Å². The number of rotatable bonds is 4. The normalized spacial score (nSPS) is 21.7. The van der Waals surface area contributed by atoms with Crippen molar-refractivity contribution in [2.45, 2.75) is 39.0 Å². The number of benzene rings is 1. The van der Waals surface area contributed by atoms with Crippen molar-refractivity contribution in [1.29, 1.82) is 0 Å². The first-order chi connectivity index (χ1) is 9.93. The van der Waals surface area contributed by atoms with Gasteiger partial charge in [-0.3, -0.25) is 0 Å². The van der Waals surface area contributed by atoms with Crippen LogP contribution >= 0.6 is 0 Å². The second-order valence-corrected chi connectivity index (χ2v) is 5.95. The highest BCUT2D eigenvalue weighted by Gasteiger charge is 2.29. The first kappa shape index (κ1) is 15.4. The van der Waals surface area contributed by atoms with Gasteiger partial charge in [-0.1, -0.05) is 23.8 Å². The number of aldehydes is 1. The standard InChI is InChI=1S/C18H22O3/c1-11(2)14-5-4-12(3)8-15(14)18-16(20)9-13(6-7-19)10-17(18)21/h7-10,14-15,20-21H,1,4-6H2,2-3H3/t14-,15?/m0/s1. The molecule has 1 unspecified atom stereocenters. The number of hydrogen-bond donors (Lipinski definition) is 2. The Kier molecular flexibility index (Phi) is 4.51. The van der Waals surface area contributed by atoms with Crippen LogP contribution < -0.4 is 0 Å². The Labute approximate surface area is 125 Å². The van der Waals surface area contributed by atoms with Crippen LogP contribution in [0.3, 0.4) is 0 Å². The summed E-state index contributed by atoms with van der Waals surface area (Å²) in [5.74, 6) is 0.243. The Bertz CT molecular complexity index is 575. The second kappa shape index (κ2) is 6.17. The Hall–Kier alpha value is -2.03. The molecule has 1 aliphatic carbocycles. The Balaban J connectivity index is 2.50. The predicted molar refractivity (Wildman–Crippen MR) is 83.6 cm³/mol. The van der Waals surface area contributed by atoms with Crippen molar-refractivity contribution in [1.82, 2.24) is 0 Å². The number of carbonyl (C=O) groups excluding carboxylic acids is 1. The molecule has 0 spiro atoms. The maximum absolute atomic E-state index is 10.6. The van der Waals surface area contributed by atoms with Crippen LogP contribution in [0.1, 0.15) is 43.7 Å². The van der Waals surface area contributed by atoms with Gasteiger partial charge in [0, 0.05) is 17.9 Å². The zero-order valence-corrected chi connectivity index (χ0v) is 12.6. The second-order valence-electron chi connectivity index (χ2n) is 5.95. The van der Waals surface area contributed by atoms with Gasteiger partial charge in [-0.2, -0.15) is 0 Å². The van der Waals surface area contributed by atoms with Gasteiger partial charge < -0.3 is 15.0 Å². The summed E-state index contributed by atoms with van der Waals surface area (Å²) in [5.41, 5.74) is 3.47. The fraction of sp³-hybridized carbons (Fsp3) is 0.389. The first-order valence-corrected chi connectivity index (χ1v) is 7.25. The van der Waals surface area contributed by atoms with Crippen LogP contribution in [0.25, 0.3) is 0 Å². The maximum Gasteiger partial charge on any atom is 0.124 e. The van der Waals surface area contributed by atoms with Gasteiger partial charge in [-0.25, -0.2) is 0 Å². The van der Waals surface area contributed by atoms with E-state index in [1.165, 1.54) is 5.57 Å². The zero-order chi connectivity index (χ0) is 15.6. The lowest BCUT2D eigenvalue weighted by atomic mass is 9.73. The molecule has 112 valence electrons. The van der Waals surface area contributed by atoms with E-state index in [4.69, 9.17) is 0 Å². The first-order valence-electron chi connectivity index (χ1n) is 7.25. The van der Waals surface area contributed by atoms with Crippen LogP contribution in [0.4, 0.5) is 0 Å². The number of allylic oxidation sites excluding steroid dienone is 3. The van der Waals surface area contributed by atoms with E-state index in [1.54, 1.807) is 12.1 Å². The van der Waals surface area contributed by atoms with Crippen LogP contribution in [0.2, 0.25) is 0 Å². The lowest BCUT2D eigenvalue weighted by Gasteiger charge is -2.31. The van der Waals surface area contributed by atoms with Gasteiger partial charge in [-0.05, 0) is 50.3 Å². The molecule has 0 radical (unpaired) electrons. The molecular formula is C18H22O3. The molecule has 0 aromatic heterocycles. The molecule has 21 heavy (non-hydrogen) atoms. The Morgan fingerprint density at radius 2 is 2.00 bits per heavy atom. The fourth-order valence-electron chi connectivity index (χ4n) is 3.14. The molecular weight excluding hydrogens is 264 g/mol. The number of phenolic OH excluding ortho intramolecular Hbond substituents is 2. The van der Waals surface area contributed by atoms with Crippen molar-refractivity contribution in [3.63, 3.8) is 0 Å². The lowest BCUT2D eigenvalue weighted by Crippen LogP contribution is -2.17. The summed E-state index contributed by atoms with van der Waals surface area (Å²) < 4.78 is 0. The molecule has 0 amide bonds. The average Bonchev–Trinajstić information content (AvgIpc) is 2.38. The van der Waals surface area contributed by atoms with E-state index >= 15 is 0 Å². The van der Waals surface area contributed by atoms with Gasteiger partial charge in [0.05, 0.1) is 0 Å². The van der Waals surface area contributed by atoms with E-state index < -0.39 is 0 Å². The molecule has 1 aromatic rings. The molecule has 0 fully saturated rings. The molecule has 0 saturated heterocycles. The molecule has 0 heterocycles. The Morgan fingerprint density at radius 1 is 1.38 bits per heavy atom. The minimum atomic E-state index is -0.0680. The van der Waals surface area contributed by atoms with Gasteiger partial charge in [0.15, 0.2) is 0 Å². The molecule has 0 bridgehead atoms. The third-order valence-electron chi connectivity index (χ3n) is 4.23. The summed E-state index contributed by atoms with van der Waals surface area (Å²) in [6.07, 6.45) is 5.03. The summed E-state index contributed by atoms with van der Waals surface area (Å²) in [6.45, 7) is 8.10.